The Bertz CT molecular complexity index is 81.5. The predicted molar refractivity (Wildman–Crippen MR) is 36.5 cm³/mol. The van der Waals surface area contributed by atoms with Crippen molar-refractivity contribution in [2.45, 2.75) is 0 Å². The van der Waals surface area contributed by atoms with E-state index in [0.29, 0.717) is 0 Å². The van der Waals surface area contributed by atoms with E-state index in [-0.39, 0.29) is 53.0 Å². The maximum Gasteiger partial charge on any atom is 2.00 e. The number of hydrogen-bond acceptors (Lipinski definition) is 2. The molecule has 0 aliphatic rings. The Kier molecular flexibility index (Phi) is 36.1. The summed E-state index contributed by atoms with van der Waals surface area (Å²) in [6.07, 6.45) is -3.67. The Morgan fingerprint density at radius 1 is 0.900 bits per heavy atom. The summed E-state index contributed by atoms with van der Waals surface area (Å²) < 4.78 is 0. The summed E-state index contributed by atoms with van der Waals surface area (Å²) in [5.41, 5.74) is 0. The average Bonchev–Trinajstić information content (AvgIpc) is 1.25. The zero-order valence-electron chi connectivity index (χ0n) is 6.72. The standard InChI is InChI=1S/2CH2O3.Ca.ClH.2H/c2*2-1(3)4;;;;/h2*(H2,2,3,4);;1H;;/q;;+2;;2*-1. The van der Waals surface area contributed by atoms with Gasteiger partial charge in [-0.05, 0) is 0 Å². The van der Waals surface area contributed by atoms with Crippen LogP contribution in [0.1, 0.15) is 2.85 Å². The Balaban J connectivity index is -0.0000000112. The minimum absolute atomic E-state index is 0. The summed E-state index contributed by atoms with van der Waals surface area (Å²) in [4.78, 5) is 17.1. The molecule has 0 spiro atoms. The topological polar surface area (TPSA) is 115 Å². The molecule has 60 valence electrons. The summed E-state index contributed by atoms with van der Waals surface area (Å²) in [6, 6.07) is 0. The van der Waals surface area contributed by atoms with Crippen LogP contribution in [0.3, 0.4) is 0 Å². The number of carbonyl (C=O) groups is 2. The second kappa shape index (κ2) is 16.0. The molecule has 0 saturated carbocycles. The molecule has 0 radical (unpaired) electrons. The van der Waals surface area contributed by atoms with Gasteiger partial charge in [0.05, 0.1) is 0 Å². The molecule has 0 fully saturated rings. The van der Waals surface area contributed by atoms with Gasteiger partial charge in [-0.2, -0.15) is 0 Å². The SMILES string of the molecule is Cl.O=C(O)O.O=C(O)O.[Ca+2].[H-].[H-]. The maximum absolute atomic E-state index is 8.56. The number of rotatable bonds is 0. The number of carboxylic acid groups (broad SMARTS) is 4. The first-order chi connectivity index (χ1) is 3.46. The summed E-state index contributed by atoms with van der Waals surface area (Å²) in [5, 5.41) is 27.9. The second-order valence-corrected chi connectivity index (χ2v) is 0.565. The van der Waals surface area contributed by atoms with E-state index in [9.17, 15) is 0 Å². The molecule has 0 heterocycles. The fourth-order valence-corrected chi connectivity index (χ4v) is 0. The van der Waals surface area contributed by atoms with Crippen LogP contribution in [0.5, 0.6) is 0 Å². The molecular formula is C2H7CaClO6. The average molecular weight is 203 g/mol. The van der Waals surface area contributed by atoms with Crippen LogP contribution in [0, 0.1) is 0 Å². The molecule has 0 aromatic carbocycles. The molecule has 0 aliphatic carbocycles. The maximum atomic E-state index is 8.56. The first-order valence-corrected chi connectivity index (χ1v) is 1.30. The van der Waals surface area contributed by atoms with Crippen molar-refractivity contribution in [3.8, 4) is 0 Å². The third kappa shape index (κ3) is 50500. The minimum Gasteiger partial charge on any atom is -1.00 e. The van der Waals surface area contributed by atoms with Crippen LogP contribution in [0.25, 0.3) is 0 Å². The Morgan fingerprint density at radius 2 is 0.900 bits per heavy atom. The largest absolute Gasteiger partial charge is 2.00 e. The smallest absolute Gasteiger partial charge is 1.00 e. The van der Waals surface area contributed by atoms with Crippen molar-refractivity contribution in [1.29, 1.82) is 0 Å². The molecule has 10 heavy (non-hydrogen) atoms. The van der Waals surface area contributed by atoms with E-state index in [2.05, 4.69) is 0 Å². The van der Waals surface area contributed by atoms with Gasteiger partial charge in [-0.15, -0.1) is 12.4 Å². The molecule has 0 aromatic heterocycles. The third-order valence-electron chi connectivity index (χ3n) is 0. The molecule has 6 nitrogen and oxygen atoms in total. The van der Waals surface area contributed by atoms with E-state index in [4.69, 9.17) is 30.0 Å². The van der Waals surface area contributed by atoms with Crippen molar-refractivity contribution >= 4 is 62.5 Å². The van der Waals surface area contributed by atoms with Crippen LogP contribution in [-0.2, 0) is 0 Å². The first kappa shape index (κ1) is 22.5. The van der Waals surface area contributed by atoms with Gasteiger partial charge >= 0.3 is 50.0 Å². The molecule has 0 bridgehead atoms. The van der Waals surface area contributed by atoms with Crippen molar-refractivity contribution < 1.29 is 32.9 Å². The van der Waals surface area contributed by atoms with E-state index >= 15 is 0 Å². The molecule has 0 saturated heterocycles. The molecule has 4 N–H and O–H groups in total. The second-order valence-electron chi connectivity index (χ2n) is 0.565. The van der Waals surface area contributed by atoms with Gasteiger partial charge in [0, 0.05) is 0 Å². The van der Waals surface area contributed by atoms with E-state index < -0.39 is 12.3 Å². The van der Waals surface area contributed by atoms with Gasteiger partial charge in [-0.1, -0.05) is 0 Å². The van der Waals surface area contributed by atoms with Gasteiger partial charge in [0.15, 0.2) is 0 Å². The molecule has 0 atom stereocenters. The zero-order valence-corrected chi connectivity index (χ0v) is 7.75. The Morgan fingerprint density at radius 3 is 0.900 bits per heavy atom. The van der Waals surface area contributed by atoms with Crippen molar-refractivity contribution in [2.75, 3.05) is 0 Å². The van der Waals surface area contributed by atoms with Gasteiger partial charge in [0.2, 0.25) is 0 Å². The van der Waals surface area contributed by atoms with Crippen molar-refractivity contribution in [3.05, 3.63) is 0 Å². The van der Waals surface area contributed by atoms with Crippen LogP contribution < -0.4 is 0 Å². The van der Waals surface area contributed by atoms with Crippen molar-refractivity contribution in [2.24, 2.45) is 0 Å². The Labute approximate surface area is 94.8 Å². The van der Waals surface area contributed by atoms with Gasteiger partial charge in [-0.25, -0.2) is 9.59 Å². The van der Waals surface area contributed by atoms with Gasteiger partial charge in [0.25, 0.3) is 0 Å². The monoisotopic (exact) mass is 202 g/mol. The minimum atomic E-state index is -1.83. The summed E-state index contributed by atoms with van der Waals surface area (Å²) in [5.74, 6) is 0. The van der Waals surface area contributed by atoms with Crippen LogP contribution in [0.15, 0.2) is 0 Å². The quantitative estimate of drug-likeness (QED) is 0.430. The van der Waals surface area contributed by atoms with E-state index in [1.807, 2.05) is 0 Å². The summed E-state index contributed by atoms with van der Waals surface area (Å²) in [7, 11) is 0. The molecule has 8 heteroatoms. The number of halogens is 1. The molecule has 0 amide bonds. The first-order valence-electron chi connectivity index (χ1n) is 1.30. The van der Waals surface area contributed by atoms with Crippen molar-refractivity contribution in [3.63, 3.8) is 0 Å². The summed E-state index contributed by atoms with van der Waals surface area (Å²) in [6.45, 7) is 0. The van der Waals surface area contributed by atoms with Crippen LogP contribution in [-0.4, -0.2) is 70.5 Å². The Hall–Kier alpha value is 0.0897. The van der Waals surface area contributed by atoms with Crippen molar-refractivity contribution in [1.82, 2.24) is 0 Å². The normalized spacial score (nSPS) is 4.80. The van der Waals surface area contributed by atoms with E-state index in [1.54, 1.807) is 0 Å². The van der Waals surface area contributed by atoms with Crippen LogP contribution in [0.2, 0.25) is 0 Å². The van der Waals surface area contributed by atoms with Gasteiger partial charge < -0.3 is 23.3 Å². The van der Waals surface area contributed by atoms with Gasteiger partial charge in [-0.3, -0.25) is 0 Å². The molecule has 0 aliphatic heterocycles. The number of hydrogen-bond donors (Lipinski definition) is 4. The molecule has 0 rings (SSSR count). The predicted octanol–water partition coefficient (Wildman–Crippen LogP) is 0.711. The van der Waals surface area contributed by atoms with Gasteiger partial charge in [0.1, 0.15) is 0 Å². The van der Waals surface area contributed by atoms with E-state index in [0.717, 1.165) is 0 Å². The molecular weight excluding hydrogens is 196 g/mol. The van der Waals surface area contributed by atoms with Crippen LogP contribution in [0.4, 0.5) is 9.59 Å². The molecule has 0 unspecified atom stereocenters. The summed E-state index contributed by atoms with van der Waals surface area (Å²) >= 11 is 0. The molecule has 0 aromatic rings. The van der Waals surface area contributed by atoms with E-state index in [1.165, 1.54) is 0 Å². The zero-order chi connectivity index (χ0) is 7.15. The fraction of sp³-hybridized carbons (Fsp3) is 0. The van der Waals surface area contributed by atoms with Crippen LogP contribution >= 0.6 is 12.4 Å². The third-order valence-corrected chi connectivity index (χ3v) is 0. The fourth-order valence-electron chi connectivity index (χ4n) is 0.